The lowest BCUT2D eigenvalue weighted by molar-refractivity contribution is -0.384. The zero-order valence-electron chi connectivity index (χ0n) is 11.1. The number of nitrogens with zero attached hydrogens (tertiary/aromatic N) is 1. The summed E-state index contributed by atoms with van der Waals surface area (Å²) in [6.07, 6.45) is 1.04. The first kappa shape index (κ1) is 14.0. The molecule has 2 atom stereocenters. The molecule has 2 rings (SSSR count). The molecule has 1 aliphatic heterocycles. The fraction of sp³-hybridized carbons (Fsp3) is 0.538. The summed E-state index contributed by atoms with van der Waals surface area (Å²) in [5, 5.41) is 15.0. The van der Waals surface area contributed by atoms with E-state index >= 15 is 0 Å². The third-order valence-electron chi connectivity index (χ3n) is 3.03. The maximum Gasteiger partial charge on any atom is 0.296 e. The second-order valence-corrected chi connectivity index (χ2v) is 6.06. The van der Waals surface area contributed by atoms with E-state index in [1.807, 2.05) is 18.7 Å². The van der Waals surface area contributed by atoms with Gasteiger partial charge in [-0.1, -0.05) is 6.92 Å². The minimum Gasteiger partial charge on any atom is -0.494 e. The molecule has 104 valence electrons. The topological polar surface area (TPSA) is 64.4 Å². The minimum atomic E-state index is -0.365. The van der Waals surface area contributed by atoms with Crippen molar-refractivity contribution in [1.29, 1.82) is 0 Å². The van der Waals surface area contributed by atoms with Crippen LogP contribution in [0.3, 0.4) is 0 Å². The Kier molecular flexibility index (Phi) is 4.52. The van der Waals surface area contributed by atoms with Gasteiger partial charge in [0.1, 0.15) is 11.4 Å². The SMILES string of the molecule is CCOc1ccc(NC2CSC(C)C2)c([N+](=O)[O-])c1. The Morgan fingerprint density at radius 2 is 2.37 bits per heavy atom. The van der Waals surface area contributed by atoms with Crippen molar-refractivity contribution in [2.45, 2.75) is 31.6 Å². The number of nitro benzene ring substituents is 1. The monoisotopic (exact) mass is 282 g/mol. The van der Waals surface area contributed by atoms with Gasteiger partial charge in [-0.2, -0.15) is 11.8 Å². The standard InChI is InChI=1S/C13H18N2O3S/c1-3-18-11-4-5-12(13(7-11)15(16)17)14-10-6-9(2)19-8-10/h4-5,7,9-10,14H,3,6,8H2,1-2H3. The maximum absolute atomic E-state index is 11.1. The highest BCUT2D eigenvalue weighted by molar-refractivity contribution is 8.00. The molecule has 0 saturated carbocycles. The molecule has 1 fully saturated rings. The molecule has 1 aromatic carbocycles. The van der Waals surface area contributed by atoms with E-state index in [0.717, 1.165) is 12.2 Å². The lowest BCUT2D eigenvalue weighted by Crippen LogP contribution is -2.19. The highest BCUT2D eigenvalue weighted by Gasteiger charge is 2.24. The van der Waals surface area contributed by atoms with Gasteiger partial charge >= 0.3 is 0 Å². The summed E-state index contributed by atoms with van der Waals surface area (Å²) in [6, 6.07) is 5.29. The molecule has 0 amide bonds. The quantitative estimate of drug-likeness (QED) is 0.663. The zero-order valence-corrected chi connectivity index (χ0v) is 11.9. The first-order chi connectivity index (χ1) is 9.10. The number of nitrogens with one attached hydrogen (secondary N) is 1. The van der Waals surface area contributed by atoms with Gasteiger partial charge in [-0.3, -0.25) is 10.1 Å². The summed E-state index contributed by atoms with van der Waals surface area (Å²) in [5.41, 5.74) is 0.656. The van der Waals surface area contributed by atoms with Crippen molar-refractivity contribution in [3.8, 4) is 5.75 Å². The Morgan fingerprint density at radius 1 is 1.58 bits per heavy atom. The number of ether oxygens (including phenoxy) is 1. The molecule has 0 bridgehead atoms. The number of anilines is 1. The van der Waals surface area contributed by atoms with Crippen LogP contribution in [0.5, 0.6) is 5.75 Å². The average molecular weight is 282 g/mol. The maximum atomic E-state index is 11.1. The van der Waals surface area contributed by atoms with E-state index < -0.39 is 0 Å². The van der Waals surface area contributed by atoms with E-state index in [0.29, 0.717) is 29.3 Å². The van der Waals surface area contributed by atoms with E-state index in [2.05, 4.69) is 12.2 Å². The van der Waals surface area contributed by atoms with Crippen LogP contribution in [0.4, 0.5) is 11.4 Å². The predicted octanol–water partition coefficient (Wildman–Crippen LogP) is 3.30. The van der Waals surface area contributed by atoms with Crippen molar-refractivity contribution in [2.24, 2.45) is 0 Å². The zero-order chi connectivity index (χ0) is 13.8. The van der Waals surface area contributed by atoms with E-state index in [-0.39, 0.29) is 10.6 Å². The Balaban J connectivity index is 2.16. The van der Waals surface area contributed by atoms with Gasteiger partial charge in [-0.05, 0) is 25.5 Å². The number of thioether (sulfide) groups is 1. The van der Waals surface area contributed by atoms with Gasteiger partial charge in [-0.15, -0.1) is 0 Å². The summed E-state index contributed by atoms with van der Waals surface area (Å²) < 4.78 is 5.30. The third kappa shape index (κ3) is 3.53. The van der Waals surface area contributed by atoms with Crippen LogP contribution in [-0.2, 0) is 0 Å². The molecule has 5 nitrogen and oxygen atoms in total. The van der Waals surface area contributed by atoms with E-state index in [9.17, 15) is 10.1 Å². The first-order valence-electron chi connectivity index (χ1n) is 6.39. The van der Waals surface area contributed by atoms with Gasteiger partial charge in [0.25, 0.3) is 5.69 Å². The van der Waals surface area contributed by atoms with E-state index in [1.54, 1.807) is 12.1 Å². The number of nitro groups is 1. The fourth-order valence-electron chi connectivity index (χ4n) is 2.18. The van der Waals surface area contributed by atoms with Gasteiger partial charge in [-0.25, -0.2) is 0 Å². The van der Waals surface area contributed by atoms with Crippen molar-refractivity contribution in [3.05, 3.63) is 28.3 Å². The second kappa shape index (κ2) is 6.14. The molecule has 0 aliphatic carbocycles. The van der Waals surface area contributed by atoms with Crippen molar-refractivity contribution in [3.63, 3.8) is 0 Å². The number of hydrogen-bond acceptors (Lipinski definition) is 5. The van der Waals surface area contributed by atoms with Crippen LogP contribution in [0.15, 0.2) is 18.2 Å². The van der Waals surface area contributed by atoms with Gasteiger partial charge in [0.05, 0.1) is 17.6 Å². The van der Waals surface area contributed by atoms with Crippen LogP contribution in [0.1, 0.15) is 20.3 Å². The summed E-state index contributed by atoms with van der Waals surface area (Å²) in [7, 11) is 0. The Morgan fingerprint density at radius 3 is 2.95 bits per heavy atom. The van der Waals surface area contributed by atoms with E-state index in [1.165, 1.54) is 6.07 Å². The molecule has 0 spiro atoms. The molecule has 0 aromatic heterocycles. The largest absolute Gasteiger partial charge is 0.494 e. The van der Waals surface area contributed by atoms with Crippen molar-refractivity contribution in [1.82, 2.24) is 0 Å². The molecule has 1 heterocycles. The Bertz CT molecular complexity index is 467. The van der Waals surface area contributed by atoms with Crippen LogP contribution in [0, 0.1) is 10.1 Å². The normalized spacial score (nSPS) is 22.2. The lowest BCUT2D eigenvalue weighted by atomic mass is 10.1. The summed E-state index contributed by atoms with van der Waals surface area (Å²) in [6.45, 7) is 4.54. The number of benzene rings is 1. The molecule has 1 aromatic rings. The smallest absolute Gasteiger partial charge is 0.296 e. The Labute approximate surface area is 116 Å². The van der Waals surface area contributed by atoms with E-state index in [4.69, 9.17) is 4.74 Å². The van der Waals surface area contributed by atoms with Gasteiger partial charge < -0.3 is 10.1 Å². The van der Waals surface area contributed by atoms with Crippen molar-refractivity contribution < 1.29 is 9.66 Å². The summed E-state index contributed by atoms with van der Waals surface area (Å²) >= 11 is 1.89. The molecule has 2 unspecified atom stereocenters. The van der Waals surface area contributed by atoms with Gasteiger partial charge in [0.2, 0.25) is 0 Å². The van der Waals surface area contributed by atoms with Crippen LogP contribution < -0.4 is 10.1 Å². The van der Waals surface area contributed by atoms with Crippen LogP contribution in [0.25, 0.3) is 0 Å². The molecule has 1 saturated heterocycles. The summed E-state index contributed by atoms with van der Waals surface area (Å²) in [5.74, 6) is 1.53. The average Bonchev–Trinajstić information content (AvgIpc) is 2.77. The van der Waals surface area contributed by atoms with Gasteiger partial charge in [0, 0.05) is 17.0 Å². The molecular formula is C13H18N2O3S. The first-order valence-corrected chi connectivity index (χ1v) is 7.44. The molecule has 19 heavy (non-hydrogen) atoms. The van der Waals surface area contributed by atoms with Crippen LogP contribution in [0.2, 0.25) is 0 Å². The molecular weight excluding hydrogens is 264 g/mol. The second-order valence-electron chi connectivity index (χ2n) is 4.59. The molecule has 6 heteroatoms. The number of hydrogen-bond donors (Lipinski definition) is 1. The van der Waals surface area contributed by atoms with Gasteiger partial charge in [0.15, 0.2) is 0 Å². The fourth-order valence-corrected chi connectivity index (χ4v) is 3.33. The van der Waals surface area contributed by atoms with Crippen LogP contribution in [-0.4, -0.2) is 28.6 Å². The van der Waals surface area contributed by atoms with Crippen molar-refractivity contribution >= 4 is 23.1 Å². The summed E-state index contributed by atoms with van der Waals surface area (Å²) in [4.78, 5) is 10.8. The Hall–Kier alpha value is -1.43. The highest BCUT2D eigenvalue weighted by atomic mass is 32.2. The third-order valence-corrected chi connectivity index (χ3v) is 4.39. The highest BCUT2D eigenvalue weighted by Crippen LogP contribution is 2.33. The lowest BCUT2D eigenvalue weighted by Gasteiger charge is -2.14. The molecule has 1 aliphatic rings. The molecule has 0 radical (unpaired) electrons. The molecule has 1 N–H and O–H groups in total. The number of rotatable bonds is 5. The minimum absolute atomic E-state index is 0.0792. The predicted molar refractivity (Wildman–Crippen MR) is 78.2 cm³/mol. The van der Waals surface area contributed by atoms with Crippen molar-refractivity contribution in [2.75, 3.05) is 17.7 Å². The van der Waals surface area contributed by atoms with Crippen LogP contribution >= 0.6 is 11.8 Å².